The maximum atomic E-state index is 11.9. The summed E-state index contributed by atoms with van der Waals surface area (Å²) in [6.07, 6.45) is 0. The number of carbonyl (C=O) groups is 1. The number of hydrogen-bond donors (Lipinski definition) is 0. The molecule has 0 amide bonds. The van der Waals surface area contributed by atoms with Crippen molar-refractivity contribution < 1.29 is 9.21 Å². The van der Waals surface area contributed by atoms with Gasteiger partial charge in [-0.3, -0.25) is 4.79 Å². The van der Waals surface area contributed by atoms with Crippen molar-refractivity contribution in [1.29, 1.82) is 0 Å². The number of benzene rings is 1. The van der Waals surface area contributed by atoms with E-state index in [2.05, 4.69) is 31.9 Å². The zero-order valence-corrected chi connectivity index (χ0v) is 12.3. The summed E-state index contributed by atoms with van der Waals surface area (Å²) in [4.78, 5) is 23.1. The summed E-state index contributed by atoms with van der Waals surface area (Å²) in [7, 11) is 0. The summed E-state index contributed by atoms with van der Waals surface area (Å²) < 4.78 is 5.95. The third-order valence-electron chi connectivity index (χ3n) is 2.17. The van der Waals surface area contributed by atoms with E-state index in [0.717, 1.165) is 4.57 Å². The number of carbonyl (C=O) groups excluding carboxylic acids is 1. The predicted molar refractivity (Wildman–Crippen MR) is 72.6 cm³/mol. The molecule has 1 aromatic heterocycles. The van der Waals surface area contributed by atoms with Gasteiger partial charge in [0.1, 0.15) is 4.83 Å². The first-order chi connectivity index (χ1) is 8.04. The van der Waals surface area contributed by atoms with E-state index in [1.165, 1.54) is 6.07 Å². The number of alkyl halides is 2. The largest absolute Gasteiger partial charge is 0.426 e. The van der Waals surface area contributed by atoms with Crippen molar-refractivity contribution >= 4 is 60.5 Å². The number of halogens is 3. The fourth-order valence-corrected chi connectivity index (χ4v) is 2.05. The first kappa shape index (κ1) is 12.9. The molecule has 17 heavy (non-hydrogen) atoms. The van der Waals surface area contributed by atoms with Gasteiger partial charge in [0.05, 0.1) is 5.52 Å². The molecule has 0 saturated carbocycles. The van der Waals surface area contributed by atoms with E-state index in [0.29, 0.717) is 21.5 Å². The lowest BCUT2D eigenvalue weighted by atomic mass is 10.3. The molecule has 0 saturated heterocycles. The Labute approximate surface area is 118 Å². The second kappa shape index (κ2) is 4.96. The zero-order chi connectivity index (χ0) is 12.6. The molecule has 1 heterocycles. The maximum Gasteiger partial charge on any atom is 0.426 e. The number of rotatable bonds is 2. The minimum Gasteiger partial charge on any atom is -0.407 e. The van der Waals surface area contributed by atoms with Crippen molar-refractivity contribution in [3.63, 3.8) is 0 Å². The van der Waals surface area contributed by atoms with Gasteiger partial charge in [-0.1, -0.05) is 43.5 Å². The topological polar surface area (TPSA) is 52.2 Å². The van der Waals surface area contributed by atoms with Crippen LogP contribution in [0.3, 0.4) is 0 Å². The molecular weight excluding hydrogens is 377 g/mol. The van der Waals surface area contributed by atoms with Crippen LogP contribution >= 0.6 is 43.5 Å². The van der Waals surface area contributed by atoms with E-state index < -0.39 is 10.6 Å². The zero-order valence-electron chi connectivity index (χ0n) is 8.32. The van der Waals surface area contributed by atoms with Gasteiger partial charge >= 0.3 is 5.76 Å². The average molecular weight is 383 g/mol. The Morgan fingerprint density at radius 2 is 2.24 bits per heavy atom. The molecule has 0 unspecified atom stereocenters. The Bertz CT molecular complexity index is 634. The first-order valence-electron chi connectivity index (χ1n) is 4.60. The van der Waals surface area contributed by atoms with Gasteiger partial charge in [-0.25, -0.2) is 9.36 Å². The van der Waals surface area contributed by atoms with Crippen LogP contribution in [0.1, 0.15) is 4.79 Å². The maximum absolute atomic E-state index is 11.9. The molecule has 0 aliphatic heterocycles. The summed E-state index contributed by atoms with van der Waals surface area (Å²) in [6, 6.07) is 4.67. The number of hydrogen-bond acceptors (Lipinski definition) is 3. The molecule has 0 N–H and O–H groups in total. The summed E-state index contributed by atoms with van der Waals surface area (Å²) in [5.74, 6) is -1.09. The Morgan fingerprint density at radius 1 is 1.53 bits per heavy atom. The van der Waals surface area contributed by atoms with Gasteiger partial charge in [0, 0.05) is 16.4 Å². The molecule has 1 atom stereocenters. The van der Waals surface area contributed by atoms with Gasteiger partial charge in [-0.15, -0.1) is 0 Å². The van der Waals surface area contributed by atoms with Crippen LogP contribution in [0.5, 0.6) is 0 Å². The van der Waals surface area contributed by atoms with Crippen LogP contribution in [0, 0.1) is 0 Å². The van der Waals surface area contributed by atoms with Crippen molar-refractivity contribution in [2.24, 2.45) is 0 Å². The molecular formula is C10H6Br2ClNO3. The van der Waals surface area contributed by atoms with Gasteiger partial charge in [0.25, 0.3) is 5.91 Å². The lowest BCUT2D eigenvalue weighted by Crippen LogP contribution is -2.30. The van der Waals surface area contributed by atoms with E-state index in [4.69, 9.17) is 16.0 Å². The molecule has 0 aliphatic rings. The summed E-state index contributed by atoms with van der Waals surface area (Å²) in [5, 5.41) is 0.847. The van der Waals surface area contributed by atoms with Crippen LogP contribution < -0.4 is 5.76 Å². The molecule has 90 valence electrons. The first-order valence-corrected chi connectivity index (χ1v) is 7.01. The third-order valence-corrected chi connectivity index (χ3v) is 4.63. The molecule has 0 bridgehead atoms. The average Bonchev–Trinajstić information content (AvgIpc) is 2.62. The van der Waals surface area contributed by atoms with Crippen molar-refractivity contribution in [2.75, 3.05) is 5.33 Å². The SMILES string of the molecule is O=C([C@@H](Br)CBr)n1c(=O)oc2cc(Cl)ccc21. The number of fused-ring (bicyclic) bond motifs is 1. The normalized spacial score (nSPS) is 12.9. The third kappa shape index (κ3) is 2.34. The van der Waals surface area contributed by atoms with Crippen LogP contribution in [-0.2, 0) is 0 Å². The van der Waals surface area contributed by atoms with E-state index in [1.807, 2.05) is 0 Å². The Hall–Kier alpha value is -0.590. The molecule has 4 nitrogen and oxygen atoms in total. The standard InChI is InChI=1S/C10H6Br2ClNO3/c11-4-6(12)9(15)14-7-2-1-5(13)3-8(7)17-10(14)16/h1-3,6H,4H2/t6-/m0/s1. The minimum atomic E-state index is -0.710. The van der Waals surface area contributed by atoms with Gasteiger partial charge in [0.2, 0.25) is 0 Å². The van der Waals surface area contributed by atoms with E-state index >= 15 is 0 Å². The lowest BCUT2D eigenvalue weighted by Gasteiger charge is -2.04. The van der Waals surface area contributed by atoms with Crippen molar-refractivity contribution in [3.8, 4) is 0 Å². The fourth-order valence-electron chi connectivity index (χ4n) is 1.41. The molecule has 0 radical (unpaired) electrons. The monoisotopic (exact) mass is 381 g/mol. The van der Waals surface area contributed by atoms with Gasteiger partial charge in [-0.2, -0.15) is 0 Å². The van der Waals surface area contributed by atoms with Crippen LogP contribution in [0.2, 0.25) is 5.02 Å². The highest BCUT2D eigenvalue weighted by atomic mass is 79.9. The minimum absolute atomic E-state index is 0.296. The number of aromatic nitrogens is 1. The smallest absolute Gasteiger partial charge is 0.407 e. The number of oxazole rings is 1. The molecule has 0 fully saturated rings. The quantitative estimate of drug-likeness (QED) is 0.749. The fraction of sp³-hybridized carbons (Fsp3) is 0.200. The highest BCUT2D eigenvalue weighted by molar-refractivity contribution is 9.12. The van der Waals surface area contributed by atoms with Gasteiger partial charge in [-0.05, 0) is 12.1 Å². The van der Waals surface area contributed by atoms with Gasteiger partial charge in [0.15, 0.2) is 5.58 Å². The Morgan fingerprint density at radius 3 is 2.88 bits per heavy atom. The number of nitrogens with zero attached hydrogens (tertiary/aromatic N) is 1. The summed E-state index contributed by atoms with van der Waals surface area (Å²) in [6.45, 7) is 0. The molecule has 2 aromatic rings. The van der Waals surface area contributed by atoms with E-state index in [9.17, 15) is 9.59 Å². The molecule has 7 heteroatoms. The highest BCUT2D eigenvalue weighted by Crippen LogP contribution is 2.19. The Kier molecular flexibility index (Phi) is 3.75. The van der Waals surface area contributed by atoms with Crippen LogP contribution in [0.4, 0.5) is 0 Å². The van der Waals surface area contributed by atoms with E-state index in [-0.39, 0.29) is 5.91 Å². The van der Waals surface area contributed by atoms with Crippen LogP contribution in [-0.4, -0.2) is 20.6 Å². The van der Waals surface area contributed by atoms with Crippen molar-refractivity contribution in [2.45, 2.75) is 4.83 Å². The van der Waals surface area contributed by atoms with Crippen molar-refractivity contribution in [1.82, 2.24) is 4.57 Å². The predicted octanol–water partition coefficient (Wildman–Crippen LogP) is 3.05. The molecule has 0 aliphatic carbocycles. The van der Waals surface area contributed by atoms with E-state index in [1.54, 1.807) is 12.1 Å². The lowest BCUT2D eigenvalue weighted by molar-refractivity contribution is 0.0915. The summed E-state index contributed by atoms with van der Waals surface area (Å²) in [5.41, 5.74) is 0.708. The van der Waals surface area contributed by atoms with Crippen LogP contribution in [0.25, 0.3) is 11.1 Å². The van der Waals surface area contributed by atoms with Crippen molar-refractivity contribution in [3.05, 3.63) is 33.8 Å². The molecule has 0 spiro atoms. The molecule has 2 rings (SSSR count). The molecule has 1 aromatic carbocycles. The Balaban J connectivity index is 2.65. The second-order valence-electron chi connectivity index (χ2n) is 3.28. The second-order valence-corrected chi connectivity index (χ2v) is 5.46. The van der Waals surface area contributed by atoms with Crippen LogP contribution in [0.15, 0.2) is 27.4 Å². The van der Waals surface area contributed by atoms with Gasteiger partial charge < -0.3 is 4.42 Å². The summed E-state index contributed by atoms with van der Waals surface area (Å²) >= 11 is 12.1. The highest BCUT2D eigenvalue weighted by Gasteiger charge is 2.21.